The van der Waals surface area contributed by atoms with Crippen LogP contribution in [-0.2, 0) is 4.79 Å². The van der Waals surface area contributed by atoms with E-state index in [9.17, 15) is 31.9 Å². The van der Waals surface area contributed by atoms with Crippen LogP contribution < -0.4 is 0 Å². The van der Waals surface area contributed by atoms with Crippen LogP contribution in [0.1, 0.15) is 13.3 Å². The zero-order valence-electron chi connectivity index (χ0n) is 8.31. The Morgan fingerprint density at radius 2 is 1.81 bits per heavy atom. The van der Waals surface area contributed by atoms with Gasteiger partial charge < -0.3 is 10.0 Å². The summed E-state index contributed by atoms with van der Waals surface area (Å²) in [6.45, 7) is 0.445. The van der Waals surface area contributed by atoms with Crippen molar-refractivity contribution in [3.8, 4) is 0 Å². The van der Waals surface area contributed by atoms with Gasteiger partial charge in [0.2, 0.25) is 0 Å². The van der Waals surface area contributed by atoms with Gasteiger partial charge in [0, 0.05) is 13.1 Å². The first kappa shape index (κ1) is 13.1. The third kappa shape index (κ3) is 2.26. The van der Waals surface area contributed by atoms with Crippen LogP contribution in [0.4, 0.5) is 22.0 Å². The van der Waals surface area contributed by atoms with Gasteiger partial charge in [-0.25, -0.2) is 0 Å². The summed E-state index contributed by atoms with van der Waals surface area (Å²) in [5, 5.41) is 9.36. The second-order valence-corrected chi connectivity index (χ2v) is 4.05. The maximum Gasteiger partial charge on any atom is 0.463 e. The maximum absolute atomic E-state index is 12.6. The van der Waals surface area contributed by atoms with Gasteiger partial charge >= 0.3 is 18.0 Å². The smallest absolute Gasteiger partial charge is 0.388 e. The minimum atomic E-state index is -5.90. The molecule has 1 heterocycles. The largest absolute Gasteiger partial charge is 0.463 e. The van der Waals surface area contributed by atoms with Gasteiger partial charge in [0.15, 0.2) is 0 Å². The van der Waals surface area contributed by atoms with Gasteiger partial charge in [-0.1, -0.05) is 0 Å². The summed E-state index contributed by atoms with van der Waals surface area (Å²) in [5.74, 6) is -7.70. The molecule has 1 unspecified atom stereocenters. The van der Waals surface area contributed by atoms with E-state index in [0.717, 1.165) is 0 Å². The van der Waals surface area contributed by atoms with E-state index >= 15 is 0 Å². The number of rotatable bonds is 1. The van der Waals surface area contributed by atoms with Gasteiger partial charge in [0.25, 0.3) is 0 Å². The molecule has 0 radical (unpaired) electrons. The number of likely N-dealkylation sites (tertiary alicyclic amines) is 1. The Balaban J connectivity index is 2.81. The van der Waals surface area contributed by atoms with E-state index in [0.29, 0.717) is 4.90 Å². The molecule has 0 bridgehead atoms. The summed E-state index contributed by atoms with van der Waals surface area (Å²) in [6.07, 6.45) is -5.93. The number of amides is 1. The Hall–Kier alpha value is -0.920. The van der Waals surface area contributed by atoms with Crippen LogP contribution in [0.15, 0.2) is 0 Å². The summed E-state index contributed by atoms with van der Waals surface area (Å²) in [5.41, 5.74) is -1.41. The van der Waals surface area contributed by atoms with Crippen LogP contribution in [-0.4, -0.2) is 46.7 Å². The van der Waals surface area contributed by atoms with E-state index in [1.54, 1.807) is 0 Å². The number of carbonyl (C=O) groups excluding carboxylic acids is 1. The highest BCUT2D eigenvalue weighted by molar-refractivity contribution is 5.84. The lowest BCUT2D eigenvalue weighted by atomic mass is 10.1. The molecule has 1 N–H and O–H groups in total. The molecule has 3 nitrogen and oxygen atoms in total. The van der Waals surface area contributed by atoms with Crippen molar-refractivity contribution < 1.29 is 31.9 Å². The predicted octanol–water partition coefficient (Wildman–Crippen LogP) is 1.17. The summed E-state index contributed by atoms with van der Waals surface area (Å²) >= 11 is 0. The zero-order chi connectivity index (χ0) is 12.8. The Kier molecular flexibility index (Phi) is 2.91. The van der Waals surface area contributed by atoms with Gasteiger partial charge in [0.05, 0.1) is 5.60 Å². The first-order valence-corrected chi connectivity index (χ1v) is 4.44. The molecular weight excluding hydrogens is 237 g/mol. The summed E-state index contributed by atoms with van der Waals surface area (Å²) in [4.78, 5) is 11.3. The van der Waals surface area contributed by atoms with E-state index in [1.807, 2.05) is 0 Å². The highest BCUT2D eigenvalue weighted by Gasteiger charge is 2.65. The summed E-state index contributed by atoms with van der Waals surface area (Å²) < 4.78 is 60.9. The monoisotopic (exact) mass is 247 g/mol. The van der Waals surface area contributed by atoms with Gasteiger partial charge in [-0.05, 0) is 13.3 Å². The summed E-state index contributed by atoms with van der Waals surface area (Å²) in [6, 6.07) is 0. The van der Waals surface area contributed by atoms with E-state index in [2.05, 4.69) is 0 Å². The number of hydrogen-bond donors (Lipinski definition) is 1. The molecule has 0 aromatic heterocycles. The highest BCUT2D eigenvalue weighted by atomic mass is 19.4. The third-order valence-corrected chi connectivity index (χ3v) is 2.36. The lowest BCUT2D eigenvalue weighted by Gasteiger charge is -2.25. The molecule has 1 atom stereocenters. The van der Waals surface area contributed by atoms with Crippen molar-refractivity contribution in [1.29, 1.82) is 0 Å². The standard InChI is InChI=1S/C8H10F5NO2/c1-6(16)2-3-14(4-6)5(15)7(9,10)8(11,12)13/h16H,2-4H2,1H3. The van der Waals surface area contributed by atoms with Crippen molar-refractivity contribution in [1.82, 2.24) is 4.90 Å². The van der Waals surface area contributed by atoms with Gasteiger partial charge in [-0.15, -0.1) is 0 Å². The molecule has 16 heavy (non-hydrogen) atoms. The first-order valence-electron chi connectivity index (χ1n) is 4.44. The second kappa shape index (κ2) is 3.54. The lowest BCUT2D eigenvalue weighted by molar-refractivity contribution is -0.274. The molecule has 1 aliphatic rings. The number of alkyl halides is 5. The summed E-state index contributed by atoms with van der Waals surface area (Å²) in [7, 11) is 0. The zero-order valence-corrected chi connectivity index (χ0v) is 8.31. The molecule has 1 fully saturated rings. The second-order valence-electron chi connectivity index (χ2n) is 4.05. The molecule has 0 spiro atoms. The average Bonchev–Trinajstić information content (AvgIpc) is 2.42. The molecule has 8 heteroatoms. The Bertz CT molecular complexity index is 299. The van der Waals surface area contributed by atoms with Crippen LogP contribution in [0, 0.1) is 0 Å². The van der Waals surface area contributed by atoms with Crippen molar-refractivity contribution >= 4 is 5.91 Å². The van der Waals surface area contributed by atoms with Crippen molar-refractivity contribution in [2.75, 3.05) is 13.1 Å². The molecule has 1 amide bonds. The van der Waals surface area contributed by atoms with E-state index in [-0.39, 0.29) is 13.0 Å². The average molecular weight is 247 g/mol. The van der Waals surface area contributed by atoms with Crippen molar-refractivity contribution in [2.24, 2.45) is 0 Å². The Morgan fingerprint density at radius 3 is 2.12 bits per heavy atom. The van der Waals surface area contributed by atoms with Gasteiger partial charge in [0.1, 0.15) is 0 Å². The SMILES string of the molecule is CC1(O)CCN(C(=O)C(F)(F)C(F)(F)F)C1. The Labute approximate surface area is 87.8 Å². The first-order chi connectivity index (χ1) is 6.97. The van der Waals surface area contributed by atoms with E-state index in [1.165, 1.54) is 6.92 Å². The van der Waals surface area contributed by atoms with Crippen LogP contribution in [0.5, 0.6) is 0 Å². The fourth-order valence-corrected chi connectivity index (χ4v) is 1.44. The molecule has 0 saturated carbocycles. The number of hydrogen-bond acceptors (Lipinski definition) is 2. The van der Waals surface area contributed by atoms with Gasteiger partial charge in [-0.3, -0.25) is 4.79 Å². The van der Waals surface area contributed by atoms with Crippen LogP contribution in [0.25, 0.3) is 0 Å². The minimum Gasteiger partial charge on any atom is -0.388 e. The van der Waals surface area contributed by atoms with Crippen LogP contribution in [0.2, 0.25) is 0 Å². The lowest BCUT2D eigenvalue weighted by Crippen LogP contribution is -2.52. The van der Waals surface area contributed by atoms with E-state index in [4.69, 9.17) is 0 Å². The molecule has 0 aliphatic carbocycles. The fraction of sp³-hybridized carbons (Fsp3) is 0.875. The number of β-amino-alcohol motifs (C(OH)–C–C–N with tert-alkyl or cyclic N) is 1. The highest BCUT2D eigenvalue weighted by Crippen LogP contribution is 2.38. The third-order valence-electron chi connectivity index (χ3n) is 2.36. The number of aliphatic hydroxyl groups is 1. The van der Waals surface area contributed by atoms with Gasteiger partial charge in [-0.2, -0.15) is 22.0 Å². The molecule has 1 saturated heterocycles. The molecule has 1 rings (SSSR count). The van der Waals surface area contributed by atoms with Crippen molar-refractivity contribution in [3.63, 3.8) is 0 Å². The molecular formula is C8H10F5NO2. The number of carbonyl (C=O) groups is 1. The van der Waals surface area contributed by atoms with Crippen molar-refractivity contribution in [3.05, 3.63) is 0 Å². The Morgan fingerprint density at radius 1 is 1.31 bits per heavy atom. The molecule has 94 valence electrons. The van der Waals surface area contributed by atoms with Crippen molar-refractivity contribution in [2.45, 2.75) is 31.0 Å². The predicted molar refractivity (Wildman–Crippen MR) is 42.8 cm³/mol. The quantitative estimate of drug-likeness (QED) is 0.706. The molecule has 0 aromatic rings. The normalized spacial score (nSPS) is 27.3. The van der Waals surface area contributed by atoms with Crippen LogP contribution >= 0.6 is 0 Å². The number of nitrogens with zero attached hydrogens (tertiary/aromatic N) is 1. The topological polar surface area (TPSA) is 40.5 Å². The fourth-order valence-electron chi connectivity index (χ4n) is 1.44. The molecule has 1 aliphatic heterocycles. The molecule has 0 aromatic carbocycles. The maximum atomic E-state index is 12.6. The minimum absolute atomic E-state index is 0.0212. The van der Waals surface area contributed by atoms with E-state index < -0.39 is 30.2 Å². The number of halogens is 5. The van der Waals surface area contributed by atoms with Crippen LogP contribution in [0.3, 0.4) is 0 Å².